The Bertz CT molecular complexity index is 187. The van der Waals surface area contributed by atoms with Crippen LogP contribution in [0.4, 0.5) is 4.39 Å². The zero-order chi connectivity index (χ0) is 10.9. The molecule has 0 N–H and O–H groups in total. The lowest BCUT2D eigenvalue weighted by Crippen LogP contribution is -2.52. The van der Waals surface area contributed by atoms with E-state index in [1.54, 1.807) is 6.92 Å². The van der Waals surface area contributed by atoms with Crippen molar-refractivity contribution in [2.24, 2.45) is 11.8 Å². The van der Waals surface area contributed by atoms with Crippen LogP contribution in [0.1, 0.15) is 41.0 Å². The van der Waals surface area contributed by atoms with Gasteiger partial charge in [-0.1, -0.05) is 13.8 Å². The highest BCUT2D eigenvalue weighted by molar-refractivity contribution is 4.93. The Kier molecular flexibility index (Phi) is 3.57. The number of likely N-dealkylation sites (tertiary alicyclic amines) is 1. The van der Waals surface area contributed by atoms with E-state index in [-0.39, 0.29) is 5.92 Å². The number of hydrogen-bond acceptors (Lipinski definition) is 1. The van der Waals surface area contributed by atoms with Crippen LogP contribution in [0.2, 0.25) is 0 Å². The molecule has 1 heterocycles. The minimum atomic E-state index is -1.00. The van der Waals surface area contributed by atoms with Gasteiger partial charge in [-0.25, -0.2) is 4.39 Å². The molecule has 2 atom stereocenters. The maximum Gasteiger partial charge on any atom is 0.124 e. The van der Waals surface area contributed by atoms with Gasteiger partial charge >= 0.3 is 0 Å². The molecule has 0 spiro atoms. The third-order valence-corrected chi connectivity index (χ3v) is 3.55. The van der Waals surface area contributed by atoms with Gasteiger partial charge in [0.1, 0.15) is 5.67 Å². The molecule has 1 nitrogen and oxygen atoms in total. The molecular weight excluding hydrogens is 177 g/mol. The lowest BCUT2D eigenvalue weighted by atomic mass is 9.77. The molecule has 1 saturated heterocycles. The highest BCUT2D eigenvalue weighted by Gasteiger charge is 2.41. The Morgan fingerprint density at radius 2 is 1.86 bits per heavy atom. The number of nitrogens with zero attached hydrogens (tertiary/aromatic N) is 1. The van der Waals surface area contributed by atoms with Crippen molar-refractivity contribution in [1.29, 1.82) is 0 Å². The average Bonchev–Trinajstić information content (AvgIpc) is 2.01. The van der Waals surface area contributed by atoms with E-state index in [0.717, 1.165) is 13.0 Å². The molecule has 0 radical (unpaired) electrons. The molecule has 0 saturated carbocycles. The zero-order valence-corrected chi connectivity index (χ0v) is 10.2. The second-order valence-corrected chi connectivity index (χ2v) is 5.48. The maximum atomic E-state index is 14.4. The molecule has 1 fully saturated rings. The quantitative estimate of drug-likeness (QED) is 0.663. The van der Waals surface area contributed by atoms with E-state index in [4.69, 9.17) is 0 Å². The molecule has 0 aliphatic carbocycles. The van der Waals surface area contributed by atoms with Gasteiger partial charge < -0.3 is 0 Å². The van der Waals surface area contributed by atoms with E-state index in [2.05, 4.69) is 32.6 Å². The summed E-state index contributed by atoms with van der Waals surface area (Å²) < 4.78 is 14.4. The molecule has 0 aromatic heterocycles. The number of alkyl halides is 1. The van der Waals surface area contributed by atoms with E-state index in [1.165, 1.54) is 0 Å². The Morgan fingerprint density at radius 3 is 2.21 bits per heavy atom. The summed E-state index contributed by atoms with van der Waals surface area (Å²) >= 11 is 0. The third-order valence-electron chi connectivity index (χ3n) is 3.55. The topological polar surface area (TPSA) is 3.24 Å². The molecule has 1 aliphatic rings. The summed E-state index contributed by atoms with van der Waals surface area (Å²) in [5, 5.41) is 0. The van der Waals surface area contributed by atoms with Gasteiger partial charge in [-0.05, 0) is 45.6 Å². The molecule has 14 heavy (non-hydrogen) atoms. The van der Waals surface area contributed by atoms with Crippen molar-refractivity contribution < 1.29 is 4.39 Å². The van der Waals surface area contributed by atoms with E-state index in [1.807, 2.05) is 0 Å². The van der Waals surface area contributed by atoms with Gasteiger partial charge in [0.2, 0.25) is 0 Å². The molecule has 1 unspecified atom stereocenters. The minimum Gasteiger partial charge on any atom is -0.298 e. The van der Waals surface area contributed by atoms with Crippen LogP contribution in [0, 0.1) is 11.8 Å². The van der Waals surface area contributed by atoms with E-state index >= 15 is 0 Å². The van der Waals surface area contributed by atoms with Crippen LogP contribution in [-0.4, -0.2) is 29.7 Å². The summed E-state index contributed by atoms with van der Waals surface area (Å²) in [6.45, 7) is 12.0. The summed E-state index contributed by atoms with van der Waals surface area (Å²) in [6.07, 6.45) is 1.00. The minimum absolute atomic E-state index is 0.234. The van der Waals surface area contributed by atoms with E-state index < -0.39 is 5.67 Å². The lowest BCUT2D eigenvalue weighted by Gasteiger charge is -2.44. The molecule has 0 aromatic rings. The Hall–Kier alpha value is -0.110. The van der Waals surface area contributed by atoms with Gasteiger partial charge in [0.05, 0.1) is 0 Å². The highest BCUT2D eigenvalue weighted by atomic mass is 19.1. The molecule has 2 heteroatoms. The van der Waals surface area contributed by atoms with Crippen molar-refractivity contribution in [3.05, 3.63) is 0 Å². The summed E-state index contributed by atoms with van der Waals surface area (Å²) in [7, 11) is 0. The van der Waals surface area contributed by atoms with Crippen molar-refractivity contribution in [1.82, 2.24) is 4.90 Å². The second kappa shape index (κ2) is 4.18. The number of halogens is 1. The summed E-state index contributed by atoms with van der Waals surface area (Å²) in [4.78, 5) is 2.25. The lowest BCUT2D eigenvalue weighted by molar-refractivity contribution is -0.0258. The summed E-state index contributed by atoms with van der Waals surface area (Å²) in [5.41, 5.74) is -1.00. The first kappa shape index (κ1) is 12.0. The number of hydrogen-bond donors (Lipinski definition) is 0. The number of rotatable bonds is 2. The SMILES string of the molecule is CC(C)[C@H]1CCN(C(C)C)CC1(C)F. The first-order chi connectivity index (χ1) is 6.34. The maximum absolute atomic E-state index is 14.4. The van der Waals surface area contributed by atoms with Crippen LogP contribution in [-0.2, 0) is 0 Å². The largest absolute Gasteiger partial charge is 0.298 e. The smallest absolute Gasteiger partial charge is 0.124 e. The average molecular weight is 201 g/mol. The fraction of sp³-hybridized carbons (Fsp3) is 1.00. The van der Waals surface area contributed by atoms with Crippen LogP contribution in [0.25, 0.3) is 0 Å². The standard InChI is InChI=1S/C12H24FN/c1-9(2)11-6-7-14(10(3)4)8-12(11,5)13/h9-11H,6-8H2,1-5H3/t11-,12?/m1/s1. The first-order valence-corrected chi connectivity index (χ1v) is 5.77. The predicted octanol–water partition coefficient (Wildman–Crippen LogP) is 3.10. The molecule has 0 aromatic carbocycles. The highest BCUT2D eigenvalue weighted by Crippen LogP contribution is 2.36. The van der Waals surface area contributed by atoms with Gasteiger partial charge in [0, 0.05) is 12.6 Å². The third kappa shape index (κ3) is 2.47. The van der Waals surface area contributed by atoms with Crippen molar-refractivity contribution >= 4 is 0 Å². The summed E-state index contributed by atoms with van der Waals surface area (Å²) in [6, 6.07) is 0.471. The molecule has 1 rings (SSSR count). The molecule has 1 aliphatic heterocycles. The Labute approximate surface area is 87.7 Å². The van der Waals surface area contributed by atoms with Gasteiger partial charge in [0.15, 0.2) is 0 Å². The van der Waals surface area contributed by atoms with Crippen molar-refractivity contribution in [2.75, 3.05) is 13.1 Å². The van der Waals surface area contributed by atoms with Gasteiger partial charge in [-0.3, -0.25) is 4.90 Å². The molecule has 0 amide bonds. The van der Waals surface area contributed by atoms with Crippen LogP contribution in [0.3, 0.4) is 0 Å². The monoisotopic (exact) mass is 201 g/mol. The van der Waals surface area contributed by atoms with Crippen LogP contribution < -0.4 is 0 Å². The van der Waals surface area contributed by atoms with Crippen LogP contribution in [0.5, 0.6) is 0 Å². The normalized spacial score (nSPS) is 35.6. The summed E-state index contributed by atoms with van der Waals surface area (Å²) in [5.74, 6) is 0.691. The van der Waals surface area contributed by atoms with Gasteiger partial charge in [-0.2, -0.15) is 0 Å². The van der Waals surface area contributed by atoms with Crippen molar-refractivity contribution in [2.45, 2.75) is 52.8 Å². The Morgan fingerprint density at radius 1 is 1.29 bits per heavy atom. The van der Waals surface area contributed by atoms with Crippen LogP contribution >= 0.6 is 0 Å². The van der Waals surface area contributed by atoms with Gasteiger partial charge in [0.25, 0.3) is 0 Å². The fourth-order valence-corrected chi connectivity index (χ4v) is 2.67. The van der Waals surface area contributed by atoms with E-state index in [9.17, 15) is 4.39 Å². The zero-order valence-electron chi connectivity index (χ0n) is 10.2. The fourth-order valence-electron chi connectivity index (χ4n) is 2.67. The predicted molar refractivity (Wildman–Crippen MR) is 59.2 cm³/mol. The Balaban J connectivity index is 2.65. The van der Waals surface area contributed by atoms with Crippen molar-refractivity contribution in [3.63, 3.8) is 0 Å². The second-order valence-electron chi connectivity index (χ2n) is 5.48. The van der Waals surface area contributed by atoms with Crippen LogP contribution in [0.15, 0.2) is 0 Å². The molecular formula is C12H24FN. The number of piperidine rings is 1. The van der Waals surface area contributed by atoms with Crippen molar-refractivity contribution in [3.8, 4) is 0 Å². The van der Waals surface area contributed by atoms with Gasteiger partial charge in [-0.15, -0.1) is 0 Å². The molecule has 84 valence electrons. The first-order valence-electron chi connectivity index (χ1n) is 5.77. The van der Waals surface area contributed by atoms with E-state index in [0.29, 0.717) is 18.5 Å². The molecule has 0 bridgehead atoms.